The molecule has 2 aliphatic rings. The Kier molecular flexibility index (Phi) is 4.39. The van der Waals surface area contributed by atoms with Gasteiger partial charge < -0.3 is 15.6 Å². The third kappa shape index (κ3) is 3.30. The molecule has 0 bridgehead atoms. The third-order valence-corrected chi connectivity index (χ3v) is 5.00. The van der Waals surface area contributed by atoms with Crippen LogP contribution < -0.4 is 21.1 Å². The van der Waals surface area contributed by atoms with Crippen LogP contribution in [0.3, 0.4) is 0 Å². The van der Waals surface area contributed by atoms with Gasteiger partial charge in [-0.3, -0.25) is 14.5 Å². The Bertz CT molecular complexity index is 972. The Morgan fingerprint density at radius 1 is 1.22 bits per heavy atom. The van der Waals surface area contributed by atoms with Crippen molar-refractivity contribution in [1.29, 1.82) is 0 Å². The van der Waals surface area contributed by atoms with E-state index in [1.807, 2.05) is 0 Å². The standard InChI is InChI=1S/C19H19FN4O3/c20-14-6-4-11(24-9-8-21-19(24)27)10-13(14)18(26)23-16-3-1-2-15-12(16)5-7-17(25)22-15/h4-7,10,16H,1-3,8-9H2,(H,21,27)(H,22,25)(H,23,26). The zero-order valence-electron chi connectivity index (χ0n) is 14.5. The smallest absolute Gasteiger partial charge is 0.321 e. The molecule has 1 unspecified atom stereocenters. The van der Waals surface area contributed by atoms with Crippen molar-refractivity contribution < 1.29 is 14.0 Å². The average Bonchev–Trinajstić information content (AvgIpc) is 3.08. The van der Waals surface area contributed by atoms with Gasteiger partial charge in [-0.1, -0.05) is 0 Å². The zero-order chi connectivity index (χ0) is 19.0. The maximum absolute atomic E-state index is 14.3. The van der Waals surface area contributed by atoms with Gasteiger partial charge in [-0.25, -0.2) is 9.18 Å². The molecule has 2 aromatic rings. The van der Waals surface area contributed by atoms with E-state index < -0.39 is 11.7 Å². The fourth-order valence-corrected chi connectivity index (χ4v) is 3.66. The second-order valence-electron chi connectivity index (χ2n) is 6.72. The lowest BCUT2D eigenvalue weighted by atomic mass is 9.91. The number of H-pyrrole nitrogens is 1. The maximum Gasteiger partial charge on any atom is 0.321 e. The van der Waals surface area contributed by atoms with Gasteiger partial charge >= 0.3 is 6.03 Å². The molecule has 1 aromatic heterocycles. The highest BCUT2D eigenvalue weighted by atomic mass is 19.1. The normalized spacial score (nSPS) is 18.8. The van der Waals surface area contributed by atoms with E-state index in [4.69, 9.17) is 0 Å². The largest absolute Gasteiger partial charge is 0.345 e. The molecule has 8 heteroatoms. The zero-order valence-corrected chi connectivity index (χ0v) is 14.5. The van der Waals surface area contributed by atoms with Gasteiger partial charge in [0.25, 0.3) is 5.91 Å². The van der Waals surface area contributed by atoms with Crippen LogP contribution in [0, 0.1) is 5.82 Å². The summed E-state index contributed by atoms with van der Waals surface area (Å²) in [4.78, 5) is 40.3. The summed E-state index contributed by atoms with van der Waals surface area (Å²) in [6.07, 6.45) is 2.26. The first-order valence-corrected chi connectivity index (χ1v) is 8.91. The number of nitrogens with zero attached hydrogens (tertiary/aromatic N) is 1. The van der Waals surface area contributed by atoms with Crippen molar-refractivity contribution in [1.82, 2.24) is 15.6 Å². The number of urea groups is 1. The van der Waals surface area contributed by atoms with Crippen LogP contribution in [-0.2, 0) is 6.42 Å². The second-order valence-corrected chi connectivity index (χ2v) is 6.72. The van der Waals surface area contributed by atoms with Gasteiger partial charge in [0.1, 0.15) is 5.82 Å². The van der Waals surface area contributed by atoms with Crippen molar-refractivity contribution in [3.05, 3.63) is 63.3 Å². The Labute approximate surface area is 154 Å². The Hall–Kier alpha value is -3.16. The van der Waals surface area contributed by atoms with E-state index in [0.29, 0.717) is 25.2 Å². The van der Waals surface area contributed by atoms with E-state index in [2.05, 4.69) is 15.6 Å². The molecule has 3 amide bonds. The Morgan fingerprint density at radius 3 is 2.85 bits per heavy atom. The number of carbonyl (C=O) groups is 2. The monoisotopic (exact) mass is 370 g/mol. The number of pyridine rings is 1. The van der Waals surface area contributed by atoms with Crippen LogP contribution in [0.4, 0.5) is 14.9 Å². The highest BCUT2D eigenvalue weighted by molar-refractivity contribution is 5.98. The SMILES string of the molecule is O=C(NC1CCCc2[nH]c(=O)ccc21)c1cc(N2CCNC2=O)ccc1F. The highest BCUT2D eigenvalue weighted by Crippen LogP contribution is 2.28. The number of hydrogen-bond donors (Lipinski definition) is 3. The number of rotatable bonds is 3. The average molecular weight is 370 g/mol. The van der Waals surface area contributed by atoms with Gasteiger partial charge in [-0.2, -0.15) is 0 Å². The number of hydrogen-bond acceptors (Lipinski definition) is 3. The number of nitrogens with one attached hydrogen (secondary N) is 3. The van der Waals surface area contributed by atoms with Crippen LogP contribution >= 0.6 is 0 Å². The quantitative estimate of drug-likeness (QED) is 0.770. The molecule has 1 aromatic carbocycles. The molecule has 0 saturated carbocycles. The molecular formula is C19H19FN4O3. The summed E-state index contributed by atoms with van der Waals surface area (Å²) in [6, 6.07) is 6.65. The number of anilines is 1. The number of aryl methyl sites for hydroxylation is 1. The van der Waals surface area contributed by atoms with Crippen molar-refractivity contribution in [2.45, 2.75) is 25.3 Å². The molecule has 3 N–H and O–H groups in total. The first-order chi connectivity index (χ1) is 13.0. The summed E-state index contributed by atoms with van der Waals surface area (Å²) in [7, 11) is 0. The molecule has 1 fully saturated rings. The topological polar surface area (TPSA) is 94.3 Å². The summed E-state index contributed by atoms with van der Waals surface area (Å²) >= 11 is 0. The van der Waals surface area contributed by atoms with E-state index >= 15 is 0 Å². The van der Waals surface area contributed by atoms with Crippen molar-refractivity contribution in [2.24, 2.45) is 0 Å². The first kappa shape index (κ1) is 17.3. The molecule has 1 aliphatic heterocycles. The van der Waals surface area contributed by atoms with Crippen molar-refractivity contribution in [2.75, 3.05) is 18.0 Å². The lowest BCUT2D eigenvalue weighted by Crippen LogP contribution is -2.33. The minimum absolute atomic E-state index is 0.108. The molecule has 7 nitrogen and oxygen atoms in total. The van der Waals surface area contributed by atoms with E-state index in [1.54, 1.807) is 6.07 Å². The van der Waals surface area contributed by atoms with Gasteiger partial charge in [0.2, 0.25) is 5.56 Å². The predicted octanol–water partition coefficient (Wildman–Crippen LogP) is 1.85. The number of carbonyl (C=O) groups excluding carboxylic acids is 2. The molecule has 2 heterocycles. The molecule has 1 atom stereocenters. The molecule has 140 valence electrons. The fraction of sp³-hybridized carbons (Fsp3) is 0.316. The van der Waals surface area contributed by atoms with Crippen LogP contribution in [0.5, 0.6) is 0 Å². The molecule has 27 heavy (non-hydrogen) atoms. The summed E-state index contributed by atoms with van der Waals surface area (Å²) in [5, 5.41) is 5.54. The van der Waals surface area contributed by atoms with E-state index in [0.717, 1.165) is 24.1 Å². The van der Waals surface area contributed by atoms with Crippen LogP contribution in [0.2, 0.25) is 0 Å². The van der Waals surface area contributed by atoms with Gasteiger partial charge in [-0.15, -0.1) is 0 Å². The lowest BCUT2D eigenvalue weighted by Gasteiger charge is -2.26. The molecule has 0 spiro atoms. The van der Waals surface area contributed by atoms with Gasteiger partial charge in [0, 0.05) is 30.5 Å². The lowest BCUT2D eigenvalue weighted by molar-refractivity contribution is 0.0928. The van der Waals surface area contributed by atoms with E-state index in [9.17, 15) is 18.8 Å². The summed E-state index contributed by atoms with van der Waals surface area (Å²) in [6.45, 7) is 0.976. The van der Waals surface area contributed by atoms with Crippen molar-refractivity contribution >= 4 is 17.6 Å². The van der Waals surface area contributed by atoms with E-state index in [-0.39, 0.29) is 23.2 Å². The molecule has 1 saturated heterocycles. The number of aromatic amines is 1. The summed E-state index contributed by atoms with van der Waals surface area (Å²) < 4.78 is 14.3. The number of aromatic nitrogens is 1. The molecule has 1 aliphatic carbocycles. The summed E-state index contributed by atoms with van der Waals surface area (Å²) in [5.74, 6) is -1.19. The summed E-state index contributed by atoms with van der Waals surface area (Å²) in [5.41, 5.74) is 1.85. The van der Waals surface area contributed by atoms with E-state index in [1.165, 1.54) is 29.2 Å². The van der Waals surface area contributed by atoms with Crippen LogP contribution in [-0.4, -0.2) is 30.0 Å². The molecular weight excluding hydrogens is 351 g/mol. The second kappa shape index (κ2) is 6.86. The number of fused-ring (bicyclic) bond motifs is 1. The first-order valence-electron chi connectivity index (χ1n) is 8.91. The third-order valence-electron chi connectivity index (χ3n) is 5.00. The number of halogens is 1. The Morgan fingerprint density at radius 2 is 2.07 bits per heavy atom. The van der Waals surface area contributed by atoms with Gasteiger partial charge in [0.15, 0.2) is 0 Å². The van der Waals surface area contributed by atoms with Crippen molar-refractivity contribution in [3.63, 3.8) is 0 Å². The predicted molar refractivity (Wildman–Crippen MR) is 97.4 cm³/mol. The maximum atomic E-state index is 14.3. The van der Waals surface area contributed by atoms with Crippen LogP contribution in [0.25, 0.3) is 0 Å². The minimum atomic E-state index is -0.645. The van der Waals surface area contributed by atoms with Gasteiger partial charge in [-0.05, 0) is 49.1 Å². The number of benzene rings is 1. The minimum Gasteiger partial charge on any atom is -0.345 e. The number of amides is 3. The molecule has 4 rings (SSSR count). The van der Waals surface area contributed by atoms with Crippen LogP contribution in [0.1, 0.15) is 40.5 Å². The van der Waals surface area contributed by atoms with Crippen molar-refractivity contribution in [3.8, 4) is 0 Å². The Balaban J connectivity index is 1.59. The van der Waals surface area contributed by atoms with Crippen LogP contribution in [0.15, 0.2) is 35.1 Å². The fourth-order valence-electron chi connectivity index (χ4n) is 3.66. The highest BCUT2D eigenvalue weighted by Gasteiger charge is 2.26. The van der Waals surface area contributed by atoms with Gasteiger partial charge in [0.05, 0.1) is 11.6 Å². The molecule has 0 radical (unpaired) electrons.